The first-order chi connectivity index (χ1) is 13.3. The molecule has 3 rings (SSSR count). The van der Waals surface area contributed by atoms with E-state index in [1.54, 1.807) is 38.1 Å². The Morgan fingerprint density at radius 1 is 1.04 bits per heavy atom. The molecule has 3 N–H and O–H groups in total. The van der Waals surface area contributed by atoms with Gasteiger partial charge in [-0.1, -0.05) is 43.4 Å². The molecule has 0 fully saturated rings. The van der Waals surface area contributed by atoms with Crippen LogP contribution in [0.5, 0.6) is 0 Å². The second-order valence-electron chi connectivity index (χ2n) is 6.43. The van der Waals surface area contributed by atoms with Crippen molar-refractivity contribution in [1.29, 1.82) is 0 Å². The van der Waals surface area contributed by atoms with Gasteiger partial charge in [0, 0.05) is 11.8 Å². The molecule has 0 saturated carbocycles. The maximum Gasteiger partial charge on any atom is 0.319 e. The number of carbonyl (C=O) groups excluding carboxylic acids is 2. The third-order valence-corrected chi connectivity index (χ3v) is 4.86. The Bertz CT molecular complexity index is 969. The zero-order valence-electron chi connectivity index (χ0n) is 15.1. The van der Waals surface area contributed by atoms with Crippen molar-refractivity contribution in [1.82, 2.24) is 10.3 Å². The van der Waals surface area contributed by atoms with Crippen LogP contribution < -0.4 is 16.0 Å². The number of amides is 3. The Morgan fingerprint density at radius 2 is 1.71 bits per heavy atom. The first-order valence-electron chi connectivity index (χ1n) is 8.52. The number of urea groups is 1. The number of rotatable bonds is 5. The molecule has 0 bridgehead atoms. The van der Waals surface area contributed by atoms with E-state index in [9.17, 15) is 18.4 Å². The minimum atomic E-state index is -1.00. The van der Waals surface area contributed by atoms with E-state index in [-0.39, 0.29) is 16.6 Å². The molecule has 9 heteroatoms. The van der Waals surface area contributed by atoms with E-state index in [2.05, 4.69) is 20.9 Å². The van der Waals surface area contributed by atoms with Crippen molar-refractivity contribution < 1.29 is 18.4 Å². The van der Waals surface area contributed by atoms with Gasteiger partial charge in [0.2, 0.25) is 5.91 Å². The Labute approximate surface area is 164 Å². The highest BCUT2D eigenvalue weighted by molar-refractivity contribution is 7.22. The Kier molecular flexibility index (Phi) is 5.84. The van der Waals surface area contributed by atoms with E-state index < -0.39 is 29.6 Å². The number of hydrogen-bond acceptors (Lipinski definition) is 4. The molecule has 3 aromatic rings. The van der Waals surface area contributed by atoms with Gasteiger partial charge in [-0.05, 0) is 24.1 Å². The van der Waals surface area contributed by atoms with Gasteiger partial charge >= 0.3 is 6.03 Å². The van der Waals surface area contributed by atoms with Crippen LogP contribution >= 0.6 is 11.3 Å². The lowest BCUT2D eigenvalue weighted by Crippen LogP contribution is -2.48. The number of carbonyl (C=O) groups is 2. The fourth-order valence-electron chi connectivity index (χ4n) is 2.53. The number of benzene rings is 2. The smallest absolute Gasteiger partial charge is 0.319 e. The van der Waals surface area contributed by atoms with Gasteiger partial charge in [-0.3, -0.25) is 4.79 Å². The van der Waals surface area contributed by atoms with E-state index >= 15 is 0 Å². The number of hydrogen-bond donors (Lipinski definition) is 3. The minimum absolute atomic E-state index is 0.195. The van der Waals surface area contributed by atoms with Crippen LogP contribution in [0.25, 0.3) is 10.2 Å². The fourth-order valence-corrected chi connectivity index (χ4v) is 3.40. The molecule has 146 valence electrons. The maximum atomic E-state index is 13.3. The van der Waals surface area contributed by atoms with E-state index in [4.69, 9.17) is 0 Å². The van der Waals surface area contributed by atoms with Crippen molar-refractivity contribution in [2.75, 3.05) is 10.6 Å². The van der Waals surface area contributed by atoms with Gasteiger partial charge in [0.05, 0.1) is 10.2 Å². The van der Waals surface area contributed by atoms with Crippen LogP contribution in [0.4, 0.5) is 24.4 Å². The quantitative estimate of drug-likeness (QED) is 0.591. The SMILES string of the molecule is CC(C)C(NC(=O)Nc1ccccc1)C(=O)Nc1nc2cc(F)c(F)cc2s1. The zero-order valence-corrected chi connectivity index (χ0v) is 15.9. The monoisotopic (exact) mass is 404 g/mol. The third kappa shape index (κ3) is 4.61. The highest BCUT2D eigenvalue weighted by Gasteiger charge is 2.25. The first kappa shape index (κ1) is 19.7. The van der Waals surface area contributed by atoms with E-state index in [1.807, 2.05) is 6.07 Å². The van der Waals surface area contributed by atoms with Crippen molar-refractivity contribution in [2.45, 2.75) is 19.9 Å². The number of halogens is 2. The summed E-state index contributed by atoms with van der Waals surface area (Å²) in [5, 5.41) is 8.08. The van der Waals surface area contributed by atoms with Crippen LogP contribution in [0, 0.1) is 17.6 Å². The lowest BCUT2D eigenvalue weighted by molar-refractivity contribution is -0.118. The van der Waals surface area contributed by atoms with Crippen LogP contribution in [0.15, 0.2) is 42.5 Å². The van der Waals surface area contributed by atoms with Crippen molar-refractivity contribution in [3.63, 3.8) is 0 Å². The summed E-state index contributed by atoms with van der Waals surface area (Å²) in [6.45, 7) is 3.58. The molecule has 6 nitrogen and oxygen atoms in total. The van der Waals surface area contributed by atoms with E-state index in [1.165, 1.54) is 0 Å². The topological polar surface area (TPSA) is 83.1 Å². The van der Waals surface area contributed by atoms with Crippen LogP contribution in [-0.4, -0.2) is 23.0 Å². The molecule has 1 unspecified atom stereocenters. The molecule has 2 aromatic carbocycles. The molecular formula is C19H18F2N4O2S. The number of anilines is 2. The molecule has 0 aliphatic rings. The lowest BCUT2D eigenvalue weighted by atomic mass is 10.0. The van der Waals surface area contributed by atoms with Gasteiger partial charge < -0.3 is 16.0 Å². The van der Waals surface area contributed by atoms with Gasteiger partial charge in [0.25, 0.3) is 0 Å². The Hall–Kier alpha value is -3.07. The fraction of sp³-hybridized carbons (Fsp3) is 0.211. The molecular weight excluding hydrogens is 386 g/mol. The summed E-state index contributed by atoms with van der Waals surface area (Å²) in [5.41, 5.74) is 0.841. The third-order valence-electron chi connectivity index (χ3n) is 3.93. The maximum absolute atomic E-state index is 13.3. The highest BCUT2D eigenvalue weighted by atomic mass is 32.1. The molecule has 3 amide bonds. The normalized spacial score (nSPS) is 12.0. The Balaban J connectivity index is 1.70. The predicted octanol–water partition coefficient (Wildman–Crippen LogP) is 4.36. The summed E-state index contributed by atoms with van der Waals surface area (Å²) in [5.74, 6) is -2.66. The molecule has 1 atom stereocenters. The van der Waals surface area contributed by atoms with Crippen molar-refractivity contribution in [2.24, 2.45) is 5.92 Å². The number of nitrogens with zero attached hydrogens (tertiary/aromatic N) is 1. The van der Waals surface area contributed by atoms with Gasteiger partial charge in [0.15, 0.2) is 16.8 Å². The summed E-state index contributed by atoms with van der Waals surface area (Å²) >= 11 is 1.02. The minimum Gasteiger partial charge on any atom is -0.326 e. The lowest BCUT2D eigenvalue weighted by Gasteiger charge is -2.21. The van der Waals surface area contributed by atoms with Gasteiger partial charge in [-0.15, -0.1) is 0 Å². The first-order valence-corrected chi connectivity index (χ1v) is 9.34. The van der Waals surface area contributed by atoms with Crippen molar-refractivity contribution >= 4 is 44.3 Å². The standard InChI is InChI=1S/C19H18F2N4O2S/c1-10(2)16(24-18(27)22-11-6-4-3-5-7-11)17(26)25-19-23-14-8-12(20)13(21)9-15(14)28-19/h3-10,16H,1-2H3,(H2,22,24,27)(H,23,25,26). The van der Waals surface area contributed by atoms with Crippen LogP contribution in [-0.2, 0) is 4.79 Å². The number of thiazole rings is 1. The average molecular weight is 404 g/mol. The second-order valence-corrected chi connectivity index (χ2v) is 7.46. The summed E-state index contributed by atoms with van der Waals surface area (Å²) in [4.78, 5) is 28.9. The zero-order chi connectivity index (χ0) is 20.3. The average Bonchev–Trinajstić information content (AvgIpc) is 3.01. The van der Waals surface area contributed by atoms with Crippen LogP contribution in [0.3, 0.4) is 0 Å². The van der Waals surface area contributed by atoms with Crippen LogP contribution in [0.2, 0.25) is 0 Å². The summed E-state index contributed by atoms with van der Waals surface area (Å²) in [6, 6.07) is 9.49. The number of aromatic nitrogens is 1. The van der Waals surface area contributed by atoms with Gasteiger partial charge in [-0.25, -0.2) is 18.6 Å². The summed E-state index contributed by atoms with van der Waals surface area (Å²) < 4.78 is 27.1. The summed E-state index contributed by atoms with van der Waals surface area (Å²) in [7, 11) is 0. The number of para-hydroxylation sites is 1. The highest BCUT2D eigenvalue weighted by Crippen LogP contribution is 2.28. The number of fused-ring (bicyclic) bond motifs is 1. The van der Waals surface area contributed by atoms with E-state index in [0.717, 1.165) is 23.5 Å². The van der Waals surface area contributed by atoms with Crippen molar-refractivity contribution in [3.8, 4) is 0 Å². The molecule has 28 heavy (non-hydrogen) atoms. The van der Waals surface area contributed by atoms with Gasteiger partial charge in [0.1, 0.15) is 6.04 Å². The molecule has 1 heterocycles. The molecule has 0 aliphatic carbocycles. The predicted molar refractivity (Wildman–Crippen MR) is 105 cm³/mol. The summed E-state index contributed by atoms with van der Waals surface area (Å²) in [6.07, 6.45) is 0. The van der Waals surface area contributed by atoms with Gasteiger partial charge in [-0.2, -0.15) is 0 Å². The van der Waals surface area contributed by atoms with Crippen LogP contribution in [0.1, 0.15) is 13.8 Å². The Morgan fingerprint density at radius 3 is 2.39 bits per heavy atom. The molecule has 0 spiro atoms. The molecule has 0 saturated heterocycles. The van der Waals surface area contributed by atoms with E-state index in [0.29, 0.717) is 10.4 Å². The largest absolute Gasteiger partial charge is 0.326 e. The molecule has 1 aromatic heterocycles. The molecule has 0 aliphatic heterocycles. The van der Waals surface area contributed by atoms with Crippen molar-refractivity contribution in [3.05, 3.63) is 54.1 Å². The number of nitrogens with one attached hydrogen (secondary N) is 3. The second kappa shape index (κ2) is 8.30. The molecule has 0 radical (unpaired) electrons.